The molecule has 2 aromatic carbocycles. The molecule has 2 aliphatic rings. The molecule has 2 aliphatic heterocycles. The van der Waals surface area contributed by atoms with Gasteiger partial charge in [-0.1, -0.05) is 18.6 Å². The summed E-state index contributed by atoms with van der Waals surface area (Å²) in [7, 11) is 0. The lowest BCUT2D eigenvalue weighted by molar-refractivity contribution is -0.127. The predicted octanol–water partition coefficient (Wildman–Crippen LogP) is 4.08. The van der Waals surface area contributed by atoms with E-state index in [1.807, 2.05) is 36.4 Å². The fourth-order valence-corrected chi connectivity index (χ4v) is 4.46. The Morgan fingerprint density at radius 2 is 1.94 bits per heavy atom. The average molecular weight is 485 g/mol. The maximum Gasteiger partial charge on any atom is 0.245 e. The zero-order valence-corrected chi connectivity index (χ0v) is 20.0. The number of likely N-dealkylation sites (tertiary alicyclic amines) is 1. The van der Waals surface area contributed by atoms with Crippen molar-refractivity contribution in [3.63, 3.8) is 0 Å². The molecular weight excluding hydrogens is 456 g/mol. The molecule has 184 valence electrons. The number of benzene rings is 2. The van der Waals surface area contributed by atoms with E-state index in [0.29, 0.717) is 43.6 Å². The molecule has 0 spiro atoms. The van der Waals surface area contributed by atoms with Gasteiger partial charge >= 0.3 is 0 Å². The Bertz CT molecular complexity index is 1300. The summed E-state index contributed by atoms with van der Waals surface area (Å²) >= 11 is 0. The molecule has 0 saturated carbocycles. The van der Waals surface area contributed by atoms with Gasteiger partial charge in [0.2, 0.25) is 5.91 Å². The number of hydrogen-bond donors (Lipinski definition) is 1. The summed E-state index contributed by atoms with van der Waals surface area (Å²) in [6.45, 7) is 6.05. The fraction of sp³-hybridized carbons (Fsp3) is 0.321. The molecule has 1 N–H and O–H groups in total. The van der Waals surface area contributed by atoms with Crippen molar-refractivity contribution in [2.24, 2.45) is 0 Å². The average Bonchev–Trinajstić information content (AvgIpc) is 3.42. The smallest absolute Gasteiger partial charge is 0.245 e. The number of carbonyl (C=O) groups excluding carboxylic acids is 1. The first-order valence-electron chi connectivity index (χ1n) is 12.1. The van der Waals surface area contributed by atoms with Crippen molar-refractivity contribution in [1.82, 2.24) is 14.9 Å². The van der Waals surface area contributed by atoms with Crippen molar-refractivity contribution >= 4 is 28.3 Å². The number of amides is 1. The quantitative estimate of drug-likeness (QED) is 0.400. The van der Waals surface area contributed by atoms with Crippen LogP contribution in [0.2, 0.25) is 0 Å². The third-order valence-electron chi connectivity index (χ3n) is 6.40. The van der Waals surface area contributed by atoms with E-state index in [0.717, 1.165) is 41.4 Å². The first-order valence-corrected chi connectivity index (χ1v) is 12.1. The standard InChI is InChI=1S/C28H28N4O4/c1-3-19-6-5-7-20(14-19)31-28-23-15-25(35-21-8-11-32(12-9-21)27(33)4-2)26(16-24(23)29-18-30-28)36-22-10-13-34-17-22/h1,4-7,14-16,18,21-22H,2,8-13,17H2,(H,29,30,31)/t22-/m0/s1. The molecule has 5 rings (SSSR count). The van der Waals surface area contributed by atoms with Crippen LogP contribution in [0.4, 0.5) is 11.5 Å². The Morgan fingerprint density at radius 3 is 2.69 bits per heavy atom. The van der Waals surface area contributed by atoms with Gasteiger partial charge in [-0.05, 0) is 30.3 Å². The summed E-state index contributed by atoms with van der Waals surface area (Å²) < 4.78 is 18.3. The molecule has 8 heteroatoms. The predicted molar refractivity (Wildman–Crippen MR) is 137 cm³/mol. The van der Waals surface area contributed by atoms with E-state index in [9.17, 15) is 4.79 Å². The highest BCUT2D eigenvalue weighted by atomic mass is 16.6. The van der Waals surface area contributed by atoms with Crippen molar-refractivity contribution in [3.8, 4) is 23.8 Å². The minimum atomic E-state index is -0.0498. The van der Waals surface area contributed by atoms with Crippen LogP contribution in [0.15, 0.2) is 55.4 Å². The lowest BCUT2D eigenvalue weighted by atomic mass is 10.1. The highest BCUT2D eigenvalue weighted by molar-refractivity contribution is 5.93. The number of nitrogens with one attached hydrogen (secondary N) is 1. The van der Waals surface area contributed by atoms with E-state index in [2.05, 4.69) is 27.8 Å². The van der Waals surface area contributed by atoms with E-state index in [-0.39, 0.29) is 18.1 Å². The number of rotatable bonds is 7. The van der Waals surface area contributed by atoms with Gasteiger partial charge in [-0.2, -0.15) is 0 Å². The molecule has 2 saturated heterocycles. The van der Waals surface area contributed by atoms with Crippen LogP contribution in [-0.4, -0.2) is 59.3 Å². The van der Waals surface area contributed by atoms with Crippen molar-refractivity contribution in [2.75, 3.05) is 31.6 Å². The lowest BCUT2D eigenvalue weighted by Gasteiger charge is -2.32. The number of ether oxygens (including phenoxy) is 3. The highest BCUT2D eigenvalue weighted by Gasteiger charge is 2.26. The number of anilines is 2. The topological polar surface area (TPSA) is 85.8 Å². The van der Waals surface area contributed by atoms with Crippen molar-refractivity contribution in [3.05, 3.63) is 60.9 Å². The van der Waals surface area contributed by atoms with Crippen LogP contribution in [-0.2, 0) is 9.53 Å². The van der Waals surface area contributed by atoms with E-state index in [1.165, 1.54) is 12.4 Å². The Labute approximate surface area is 210 Å². The van der Waals surface area contributed by atoms with E-state index in [4.69, 9.17) is 20.6 Å². The molecule has 2 fully saturated rings. The number of nitrogens with zero attached hydrogens (tertiary/aromatic N) is 3. The number of fused-ring (bicyclic) bond motifs is 1. The van der Waals surface area contributed by atoms with Crippen molar-refractivity contribution < 1.29 is 19.0 Å². The fourth-order valence-electron chi connectivity index (χ4n) is 4.46. The van der Waals surface area contributed by atoms with Crippen LogP contribution in [0.5, 0.6) is 11.5 Å². The second kappa shape index (κ2) is 10.7. The first kappa shape index (κ1) is 23.6. The van der Waals surface area contributed by atoms with Crippen LogP contribution in [0.1, 0.15) is 24.8 Å². The summed E-state index contributed by atoms with van der Waals surface area (Å²) in [5, 5.41) is 4.15. The SMILES string of the molecule is C#Cc1cccc(Nc2ncnc3cc(O[C@H]4CCOC4)c(OC4CCN(C(=O)C=C)CC4)cc23)c1. The lowest BCUT2D eigenvalue weighted by Crippen LogP contribution is -2.41. The summed E-state index contributed by atoms with van der Waals surface area (Å²) in [5.41, 5.74) is 2.34. The van der Waals surface area contributed by atoms with Gasteiger partial charge in [0.1, 0.15) is 24.4 Å². The summed E-state index contributed by atoms with van der Waals surface area (Å²) in [5.74, 6) is 4.49. The Morgan fingerprint density at radius 1 is 1.14 bits per heavy atom. The van der Waals surface area contributed by atoms with Gasteiger partial charge in [0, 0.05) is 55.1 Å². The Balaban J connectivity index is 1.45. The Hall–Kier alpha value is -4.09. The molecule has 3 aromatic rings. The van der Waals surface area contributed by atoms with Gasteiger partial charge in [0.25, 0.3) is 0 Å². The molecule has 8 nitrogen and oxygen atoms in total. The maximum atomic E-state index is 12.0. The summed E-state index contributed by atoms with van der Waals surface area (Å²) in [4.78, 5) is 22.7. The van der Waals surface area contributed by atoms with Crippen LogP contribution >= 0.6 is 0 Å². The third-order valence-corrected chi connectivity index (χ3v) is 6.40. The number of piperidine rings is 1. The van der Waals surface area contributed by atoms with Crippen molar-refractivity contribution in [2.45, 2.75) is 31.5 Å². The molecule has 3 heterocycles. The normalized spacial score (nSPS) is 18.0. The van der Waals surface area contributed by atoms with Crippen LogP contribution in [0.25, 0.3) is 10.9 Å². The first-order chi connectivity index (χ1) is 17.6. The van der Waals surface area contributed by atoms with E-state index < -0.39 is 0 Å². The van der Waals surface area contributed by atoms with Crippen LogP contribution in [0, 0.1) is 12.3 Å². The van der Waals surface area contributed by atoms with E-state index in [1.54, 1.807) is 4.90 Å². The molecule has 1 aromatic heterocycles. The van der Waals surface area contributed by atoms with Gasteiger partial charge in [-0.25, -0.2) is 9.97 Å². The van der Waals surface area contributed by atoms with Crippen LogP contribution < -0.4 is 14.8 Å². The minimum Gasteiger partial charge on any atom is -0.486 e. The molecule has 0 radical (unpaired) electrons. The molecular formula is C28H28N4O4. The zero-order chi connectivity index (χ0) is 24.9. The second-order valence-corrected chi connectivity index (χ2v) is 8.84. The van der Waals surface area contributed by atoms with Crippen molar-refractivity contribution in [1.29, 1.82) is 0 Å². The van der Waals surface area contributed by atoms with Gasteiger partial charge in [0.05, 0.1) is 18.7 Å². The Kier molecular flexibility index (Phi) is 7.01. The molecule has 0 bridgehead atoms. The second-order valence-electron chi connectivity index (χ2n) is 8.84. The molecule has 0 unspecified atom stereocenters. The van der Waals surface area contributed by atoms with Gasteiger partial charge < -0.3 is 24.4 Å². The van der Waals surface area contributed by atoms with Crippen LogP contribution in [0.3, 0.4) is 0 Å². The largest absolute Gasteiger partial charge is 0.486 e. The molecule has 1 atom stereocenters. The van der Waals surface area contributed by atoms with Gasteiger partial charge in [-0.15, -0.1) is 6.42 Å². The van der Waals surface area contributed by atoms with Gasteiger partial charge in [0.15, 0.2) is 11.5 Å². The highest BCUT2D eigenvalue weighted by Crippen LogP contribution is 2.37. The van der Waals surface area contributed by atoms with Gasteiger partial charge in [-0.3, -0.25) is 4.79 Å². The molecule has 1 amide bonds. The summed E-state index contributed by atoms with van der Waals surface area (Å²) in [6.07, 6.45) is 10.6. The van der Waals surface area contributed by atoms with E-state index >= 15 is 0 Å². The maximum absolute atomic E-state index is 12.0. The minimum absolute atomic E-state index is 0.0391. The number of terminal acetylenes is 1. The molecule has 36 heavy (non-hydrogen) atoms. The molecule has 0 aliphatic carbocycles. The summed E-state index contributed by atoms with van der Waals surface area (Å²) in [6, 6.07) is 11.4. The number of hydrogen-bond acceptors (Lipinski definition) is 7. The zero-order valence-electron chi connectivity index (χ0n) is 20.0. The number of carbonyl (C=O) groups is 1. The monoisotopic (exact) mass is 484 g/mol. The number of aromatic nitrogens is 2. The third kappa shape index (κ3) is 5.26.